The van der Waals surface area contributed by atoms with Gasteiger partial charge in [-0.1, -0.05) is 0 Å². The average molecular weight is 398 g/mol. The van der Waals surface area contributed by atoms with Crippen molar-refractivity contribution in [1.82, 2.24) is 20.2 Å². The Bertz CT molecular complexity index is 887. The zero-order valence-corrected chi connectivity index (χ0v) is 15.2. The van der Waals surface area contributed by atoms with Crippen molar-refractivity contribution in [2.75, 3.05) is 17.8 Å². The number of halogens is 2. The predicted octanol–water partition coefficient (Wildman–Crippen LogP) is 3.15. The zero-order valence-electron chi connectivity index (χ0n) is 13.6. The molecule has 2 heterocycles. The van der Waals surface area contributed by atoms with Crippen LogP contribution in [-0.4, -0.2) is 43.7 Å². The third-order valence-electron chi connectivity index (χ3n) is 3.37. The lowest BCUT2D eigenvalue weighted by Gasteiger charge is -2.08. The van der Waals surface area contributed by atoms with Gasteiger partial charge in [-0.05, 0) is 18.6 Å². The van der Waals surface area contributed by atoms with E-state index in [4.69, 9.17) is 21.4 Å². The van der Waals surface area contributed by atoms with Crippen LogP contribution in [0.1, 0.15) is 12.1 Å². The van der Waals surface area contributed by atoms with E-state index in [2.05, 4.69) is 25.5 Å². The zero-order chi connectivity index (χ0) is 17.6. The number of nitrogens with zero attached hydrogens (tertiary/aromatic N) is 3. The molecule has 0 spiro atoms. The van der Waals surface area contributed by atoms with Crippen LogP contribution in [0.15, 0.2) is 30.6 Å². The van der Waals surface area contributed by atoms with Gasteiger partial charge in [0.2, 0.25) is 0 Å². The Balaban J connectivity index is 0.00000243. The molecule has 0 radical (unpaired) electrons. The van der Waals surface area contributed by atoms with E-state index in [0.29, 0.717) is 35.6 Å². The maximum absolute atomic E-state index is 10.7. The number of fused-ring (bicyclic) bond motifs is 1. The summed E-state index contributed by atoms with van der Waals surface area (Å²) in [6.07, 6.45) is 2.09. The number of benzene rings is 1. The van der Waals surface area contributed by atoms with Crippen LogP contribution in [0.25, 0.3) is 10.9 Å². The first-order valence-corrected chi connectivity index (χ1v) is 8.16. The van der Waals surface area contributed by atoms with Crippen LogP contribution >= 0.6 is 24.0 Å². The molecule has 3 rings (SSSR count). The molecule has 10 heteroatoms. The van der Waals surface area contributed by atoms with E-state index in [-0.39, 0.29) is 18.8 Å². The number of nitrogens with one attached hydrogen (secondary N) is 2. The fourth-order valence-corrected chi connectivity index (χ4v) is 2.38. The molecule has 1 aromatic carbocycles. The second kappa shape index (κ2) is 9.21. The Morgan fingerprint density at radius 2 is 2.15 bits per heavy atom. The fraction of sp³-hybridized carbons (Fsp3) is 0.250. The molecule has 0 saturated carbocycles. The van der Waals surface area contributed by atoms with Gasteiger partial charge in [0.05, 0.1) is 18.5 Å². The average Bonchev–Trinajstić information content (AvgIpc) is 3.01. The Hall–Kier alpha value is -2.58. The number of alkyl halides is 1. The topological polar surface area (TPSA) is 113 Å². The van der Waals surface area contributed by atoms with Gasteiger partial charge in [0, 0.05) is 29.1 Å². The Kier molecular flexibility index (Phi) is 6.99. The highest BCUT2D eigenvalue weighted by atomic mass is 35.5. The number of aromatic nitrogens is 4. The second-order valence-corrected chi connectivity index (χ2v) is 5.64. The third-order valence-corrected chi connectivity index (χ3v) is 3.64. The van der Waals surface area contributed by atoms with E-state index in [1.807, 2.05) is 18.2 Å². The largest absolute Gasteiger partial charge is 0.493 e. The molecular formula is C16H17Cl2N5O3. The quantitative estimate of drug-likeness (QED) is 0.395. The number of anilines is 2. The summed E-state index contributed by atoms with van der Waals surface area (Å²) >= 11 is 5.64. The molecule has 26 heavy (non-hydrogen) atoms. The normalized spacial score (nSPS) is 10.3. The minimum Gasteiger partial charge on any atom is -0.493 e. The standard InChI is InChI=1S/C16H16ClN5O3.ClH/c17-4-1-5-25-11-2-3-12-13(8-11)18-9-19-16(12)20-14-6-10(21-22-14)7-15(23)24;/h2-3,6,8-9H,1,4-5,7H2,(H,23,24)(H2,18,19,20,21,22);1H. The lowest BCUT2D eigenvalue weighted by atomic mass is 10.2. The van der Waals surface area contributed by atoms with Crippen molar-refractivity contribution in [2.24, 2.45) is 0 Å². The van der Waals surface area contributed by atoms with Crippen molar-refractivity contribution < 1.29 is 14.6 Å². The van der Waals surface area contributed by atoms with E-state index in [1.165, 1.54) is 6.33 Å². The summed E-state index contributed by atoms with van der Waals surface area (Å²) < 4.78 is 5.61. The van der Waals surface area contributed by atoms with Crippen LogP contribution in [0.2, 0.25) is 0 Å². The maximum atomic E-state index is 10.7. The Morgan fingerprint density at radius 1 is 1.31 bits per heavy atom. The summed E-state index contributed by atoms with van der Waals surface area (Å²) in [6.45, 7) is 0.546. The summed E-state index contributed by atoms with van der Waals surface area (Å²) in [5, 5.41) is 19.4. The fourth-order valence-electron chi connectivity index (χ4n) is 2.27. The number of aromatic amines is 1. The number of ether oxygens (including phenoxy) is 1. The van der Waals surface area contributed by atoms with E-state index in [9.17, 15) is 4.79 Å². The Morgan fingerprint density at radius 3 is 2.92 bits per heavy atom. The van der Waals surface area contributed by atoms with Crippen molar-refractivity contribution >= 4 is 52.5 Å². The number of aliphatic carboxylic acids is 1. The van der Waals surface area contributed by atoms with Gasteiger partial charge in [-0.15, -0.1) is 24.0 Å². The molecule has 0 bridgehead atoms. The van der Waals surface area contributed by atoms with Gasteiger partial charge in [0.25, 0.3) is 0 Å². The van der Waals surface area contributed by atoms with Crippen molar-refractivity contribution in [3.8, 4) is 5.75 Å². The molecule has 0 aliphatic heterocycles. The van der Waals surface area contributed by atoms with Crippen molar-refractivity contribution in [3.05, 3.63) is 36.3 Å². The molecule has 0 aliphatic carbocycles. The number of rotatable bonds is 8. The first kappa shape index (κ1) is 19.7. The van der Waals surface area contributed by atoms with Gasteiger partial charge in [0.15, 0.2) is 5.82 Å². The summed E-state index contributed by atoms with van der Waals surface area (Å²) in [7, 11) is 0. The lowest BCUT2D eigenvalue weighted by molar-refractivity contribution is -0.136. The van der Waals surface area contributed by atoms with E-state index in [0.717, 1.165) is 17.3 Å². The predicted molar refractivity (Wildman–Crippen MR) is 101 cm³/mol. The maximum Gasteiger partial charge on any atom is 0.309 e. The molecule has 3 aromatic rings. The van der Waals surface area contributed by atoms with Crippen LogP contribution in [0.3, 0.4) is 0 Å². The monoisotopic (exact) mass is 397 g/mol. The van der Waals surface area contributed by atoms with E-state index >= 15 is 0 Å². The van der Waals surface area contributed by atoms with Gasteiger partial charge in [-0.3, -0.25) is 9.89 Å². The molecule has 8 nitrogen and oxygen atoms in total. The van der Waals surface area contributed by atoms with Gasteiger partial charge < -0.3 is 15.2 Å². The van der Waals surface area contributed by atoms with Gasteiger partial charge >= 0.3 is 5.97 Å². The van der Waals surface area contributed by atoms with E-state index < -0.39 is 5.97 Å². The van der Waals surface area contributed by atoms with Crippen LogP contribution < -0.4 is 10.1 Å². The Labute approximate surface area is 160 Å². The van der Waals surface area contributed by atoms with Gasteiger partial charge in [-0.2, -0.15) is 5.10 Å². The molecule has 2 aromatic heterocycles. The van der Waals surface area contributed by atoms with Gasteiger partial charge in [-0.25, -0.2) is 9.97 Å². The first-order valence-electron chi connectivity index (χ1n) is 7.62. The molecule has 0 fully saturated rings. The van der Waals surface area contributed by atoms with Crippen LogP contribution in [0.5, 0.6) is 5.75 Å². The number of hydrogen-bond donors (Lipinski definition) is 3. The number of carboxylic acid groups (broad SMARTS) is 1. The number of carboxylic acids is 1. The van der Waals surface area contributed by atoms with Crippen LogP contribution in [-0.2, 0) is 11.2 Å². The number of carbonyl (C=O) groups is 1. The molecule has 3 N–H and O–H groups in total. The van der Waals surface area contributed by atoms with Crippen molar-refractivity contribution in [1.29, 1.82) is 0 Å². The smallest absolute Gasteiger partial charge is 0.309 e. The highest BCUT2D eigenvalue weighted by Crippen LogP contribution is 2.26. The summed E-state index contributed by atoms with van der Waals surface area (Å²) in [4.78, 5) is 19.2. The lowest BCUT2D eigenvalue weighted by Crippen LogP contribution is -2.00. The third kappa shape index (κ3) is 4.96. The molecule has 0 saturated heterocycles. The summed E-state index contributed by atoms with van der Waals surface area (Å²) in [5.74, 6) is 1.40. The molecule has 0 aliphatic rings. The second-order valence-electron chi connectivity index (χ2n) is 5.27. The molecule has 138 valence electrons. The van der Waals surface area contributed by atoms with Crippen molar-refractivity contribution in [3.63, 3.8) is 0 Å². The van der Waals surface area contributed by atoms with Crippen LogP contribution in [0.4, 0.5) is 11.6 Å². The van der Waals surface area contributed by atoms with Gasteiger partial charge in [0.1, 0.15) is 17.9 Å². The summed E-state index contributed by atoms with van der Waals surface area (Å²) in [5.41, 5.74) is 1.23. The highest BCUT2D eigenvalue weighted by Gasteiger charge is 2.09. The SMILES string of the molecule is Cl.O=C(O)Cc1cc(Nc2ncnc3cc(OCCCCl)ccc23)n[nH]1. The highest BCUT2D eigenvalue weighted by molar-refractivity contribution is 6.17. The molecule has 0 unspecified atom stereocenters. The number of hydrogen-bond acceptors (Lipinski definition) is 6. The first-order chi connectivity index (χ1) is 12.2. The summed E-state index contributed by atoms with van der Waals surface area (Å²) in [6, 6.07) is 7.16. The number of H-pyrrole nitrogens is 1. The van der Waals surface area contributed by atoms with Crippen LogP contribution in [0, 0.1) is 0 Å². The molecule has 0 atom stereocenters. The minimum absolute atomic E-state index is 0. The molecule has 0 amide bonds. The van der Waals surface area contributed by atoms with Crippen molar-refractivity contribution in [2.45, 2.75) is 12.8 Å². The molecular weight excluding hydrogens is 381 g/mol. The minimum atomic E-state index is -0.926. The van der Waals surface area contributed by atoms with E-state index in [1.54, 1.807) is 6.07 Å².